The predicted molar refractivity (Wildman–Crippen MR) is 79.7 cm³/mol. The zero-order valence-electron chi connectivity index (χ0n) is 11.5. The second kappa shape index (κ2) is 7.13. The summed E-state index contributed by atoms with van der Waals surface area (Å²) in [6.45, 7) is 6.19. The van der Waals surface area contributed by atoms with Crippen LogP contribution < -0.4 is 5.32 Å². The number of aromatic hydroxyl groups is 1. The van der Waals surface area contributed by atoms with Crippen LogP contribution in [0, 0.1) is 0 Å². The average molecular weight is 283 g/mol. The summed E-state index contributed by atoms with van der Waals surface area (Å²) in [6, 6.07) is 5.84. The minimum absolute atomic E-state index is 0.342. The second-order valence-corrected chi connectivity index (χ2v) is 5.68. The molecule has 4 heteroatoms. The van der Waals surface area contributed by atoms with E-state index < -0.39 is 0 Å². The van der Waals surface area contributed by atoms with Crippen molar-refractivity contribution in [2.75, 3.05) is 19.6 Å². The third-order valence-corrected chi connectivity index (χ3v) is 3.95. The first kappa shape index (κ1) is 14.6. The minimum Gasteiger partial charge on any atom is -0.508 e. The van der Waals surface area contributed by atoms with Gasteiger partial charge in [-0.15, -0.1) is 0 Å². The average Bonchev–Trinajstić information content (AvgIpc) is 2.43. The van der Waals surface area contributed by atoms with Crippen LogP contribution in [0.5, 0.6) is 5.75 Å². The Bertz CT molecular complexity index is 405. The van der Waals surface area contributed by atoms with Gasteiger partial charge in [0.2, 0.25) is 0 Å². The number of nitrogens with one attached hydrogen (secondary N) is 1. The topological polar surface area (TPSA) is 35.5 Å². The Morgan fingerprint density at radius 2 is 2.32 bits per heavy atom. The highest BCUT2D eigenvalue weighted by molar-refractivity contribution is 6.30. The monoisotopic (exact) mass is 282 g/mol. The number of phenols is 1. The normalized spacial score (nSPS) is 19.8. The fraction of sp³-hybridized carbons (Fsp3) is 0.600. The Kier molecular flexibility index (Phi) is 5.49. The molecule has 3 nitrogen and oxygen atoms in total. The maximum Gasteiger partial charge on any atom is 0.120 e. The Balaban J connectivity index is 2.08. The number of nitrogens with zero attached hydrogens (tertiary/aromatic N) is 1. The summed E-state index contributed by atoms with van der Waals surface area (Å²) in [5, 5.41) is 14.1. The van der Waals surface area contributed by atoms with Crippen molar-refractivity contribution in [3.63, 3.8) is 0 Å². The van der Waals surface area contributed by atoms with Gasteiger partial charge in [-0.05, 0) is 50.6 Å². The molecule has 0 spiro atoms. The highest BCUT2D eigenvalue weighted by Gasteiger charge is 2.21. The molecule has 2 rings (SSSR count). The molecule has 1 fully saturated rings. The first-order valence-corrected chi connectivity index (χ1v) is 7.50. The van der Waals surface area contributed by atoms with E-state index in [1.807, 2.05) is 6.07 Å². The minimum atomic E-state index is 0.342. The van der Waals surface area contributed by atoms with E-state index in [0.29, 0.717) is 16.8 Å². The van der Waals surface area contributed by atoms with E-state index in [0.717, 1.165) is 38.2 Å². The second-order valence-electron chi connectivity index (χ2n) is 5.24. The third kappa shape index (κ3) is 4.10. The molecule has 0 amide bonds. The van der Waals surface area contributed by atoms with E-state index in [-0.39, 0.29) is 0 Å². The molecular formula is C15H23ClN2O. The predicted octanol–water partition coefficient (Wildman–Crippen LogP) is 3.01. The molecule has 1 atom stereocenters. The van der Waals surface area contributed by atoms with Gasteiger partial charge in [-0.2, -0.15) is 0 Å². The molecule has 0 bridgehead atoms. The number of piperidine rings is 1. The lowest BCUT2D eigenvalue weighted by Crippen LogP contribution is -2.45. The fourth-order valence-corrected chi connectivity index (χ4v) is 2.92. The third-order valence-electron chi connectivity index (χ3n) is 3.71. The smallest absolute Gasteiger partial charge is 0.120 e. The van der Waals surface area contributed by atoms with Crippen molar-refractivity contribution in [2.45, 2.75) is 38.8 Å². The molecule has 1 aliphatic rings. The van der Waals surface area contributed by atoms with Crippen molar-refractivity contribution < 1.29 is 5.11 Å². The summed E-state index contributed by atoms with van der Waals surface area (Å²) in [7, 11) is 0. The zero-order chi connectivity index (χ0) is 13.7. The number of halogens is 1. The molecule has 1 unspecified atom stereocenters. The fourth-order valence-electron chi connectivity index (χ4n) is 2.72. The summed E-state index contributed by atoms with van der Waals surface area (Å²) >= 11 is 6.02. The first-order valence-electron chi connectivity index (χ1n) is 7.13. The molecule has 19 heavy (non-hydrogen) atoms. The highest BCUT2D eigenvalue weighted by Crippen LogP contribution is 2.24. The SMILES string of the molecule is CCCN(Cc1cc(Cl)ccc1O)C1CCCNC1. The van der Waals surface area contributed by atoms with Gasteiger partial charge >= 0.3 is 0 Å². The summed E-state index contributed by atoms with van der Waals surface area (Å²) in [6.07, 6.45) is 3.58. The van der Waals surface area contributed by atoms with Crippen LogP contribution in [0.2, 0.25) is 5.02 Å². The molecule has 1 aromatic carbocycles. The van der Waals surface area contributed by atoms with Gasteiger partial charge in [0.1, 0.15) is 5.75 Å². The van der Waals surface area contributed by atoms with Crippen LogP contribution >= 0.6 is 11.6 Å². The van der Waals surface area contributed by atoms with Gasteiger partial charge < -0.3 is 10.4 Å². The molecule has 106 valence electrons. The van der Waals surface area contributed by atoms with Crippen LogP contribution in [0.1, 0.15) is 31.7 Å². The molecule has 0 aromatic heterocycles. The van der Waals surface area contributed by atoms with Crippen LogP contribution in [0.3, 0.4) is 0 Å². The van der Waals surface area contributed by atoms with Crippen molar-refractivity contribution in [3.8, 4) is 5.75 Å². The number of hydrogen-bond donors (Lipinski definition) is 2. The summed E-state index contributed by atoms with van der Waals surface area (Å²) in [5.41, 5.74) is 0.923. The van der Waals surface area contributed by atoms with Crippen molar-refractivity contribution in [3.05, 3.63) is 28.8 Å². The standard InChI is InChI=1S/C15H23ClN2O/c1-2-8-18(14-4-3-7-17-10-14)11-12-9-13(16)5-6-15(12)19/h5-6,9,14,17,19H,2-4,7-8,10-11H2,1H3. The van der Waals surface area contributed by atoms with E-state index in [1.54, 1.807) is 12.1 Å². The molecule has 0 radical (unpaired) electrons. The zero-order valence-corrected chi connectivity index (χ0v) is 12.3. The highest BCUT2D eigenvalue weighted by atomic mass is 35.5. The van der Waals surface area contributed by atoms with E-state index >= 15 is 0 Å². The van der Waals surface area contributed by atoms with Crippen LogP contribution in [-0.4, -0.2) is 35.7 Å². The van der Waals surface area contributed by atoms with Crippen LogP contribution in [0.4, 0.5) is 0 Å². The van der Waals surface area contributed by atoms with E-state index in [4.69, 9.17) is 11.6 Å². The van der Waals surface area contributed by atoms with Gasteiger partial charge in [-0.25, -0.2) is 0 Å². The Labute approximate surface area is 120 Å². The van der Waals surface area contributed by atoms with E-state index in [2.05, 4.69) is 17.1 Å². The summed E-state index contributed by atoms with van der Waals surface area (Å²) < 4.78 is 0. The number of rotatable bonds is 5. The molecule has 0 saturated carbocycles. The lowest BCUT2D eigenvalue weighted by molar-refractivity contribution is 0.156. The maximum absolute atomic E-state index is 9.95. The van der Waals surface area contributed by atoms with Crippen LogP contribution in [0.25, 0.3) is 0 Å². The molecule has 2 N–H and O–H groups in total. The molecule has 1 saturated heterocycles. The van der Waals surface area contributed by atoms with Gasteiger partial charge in [0.25, 0.3) is 0 Å². The van der Waals surface area contributed by atoms with Gasteiger partial charge in [-0.1, -0.05) is 18.5 Å². The Morgan fingerprint density at radius 3 is 3.00 bits per heavy atom. The summed E-state index contributed by atoms with van der Waals surface area (Å²) in [5.74, 6) is 0.342. The lowest BCUT2D eigenvalue weighted by Gasteiger charge is -2.34. The molecule has 1 aromatic rings. The van der Waals surface area contributed by atoms with Gasteiger partial charge in [0, 0.05) is 29.7 Å². The molecule has 1 heterocycles. The molecule has 0 aliphatic carbocycles. The number of phenolic OH excluding ortho intramolecular Hbond substituents is 1. The van der Waals surface area contributed by atoms with E-state index in [9.17, 15) is 5.11 Å². The van der Waals surface area contributed by atoms with Crippen LogP contribution in [0.15, 0.2) is 18.2 Å². The largest absolute Gasteiger partial charge is 0.508 e. The maximum atomic E-state index is 9.95. The Morgan fingerprint density at radius 1 is 1.47 bits per heavy atom. The van der Waals surface area contributed by atoms with Gasteiger partial charge in [0.05, 0.1) is 0 Å². The first-order chi connectivity index (χ1) is 9.20. The van der Waals surface area contributed by atoms with Gasteiger partial charge in [0.15, 0.2) is 0 Å². The summed E-state index contributed by atoms with van der Waals surface area (Å²) in [4.78, 5) is 2.46. The van der Waals surface area contributed by atoms with Crippen molar-refractivity contribution in [2.24, 2.45) is 0 Å². The molecule has 1 aliphatic heterocycles. The van der Waals surface area contributed by atoms with Gasteiger partial charge in [-0.3, -0.25) is 4.90 Å². The van der Waals surface area contributed by atoms with Crippen LogP contribution in [-0.2, 0) is 6.54 Å². The quantitative estimate of drug-likeness (QED) is 0.871. The van der Waals surface area contributed by atoms with E-state index in [1.165, 1.54) is 12.8 Å². The van der Waals surface area contributed by atoms with Crippen molar-refractivity contribution in [1.29, 1.82) is 0 Å². The number of benzene rings is 1. The Hall–Kier alpha value is -0.770. The number of hydrogen-bond acceptors (Lipinski definition) is 3. The van der Waals surface area contributed by atoms with Crippen molar-refractivity contribution >= 4 is 11.6 Å². The lowest BCUT2D eigenvalue weighted by atomic mass is 10.0. The molecular weight excluding hydrogens is 260 g/mol. The van der Waals surface area contributed by atoms with Crippen molar-refractivity contribution in [1.82, 2.24) is 10.2 Å².